The van der Waals surface area contributed by atoms with Gasteiger partial charge in [0.15, 0.2) is 0 Å². The van der Waals surface area contributed by atoms with Gasteiger partial charge in [-0.2, -0.15) is 0 Å². The van der Waals surface area contributed by atoms with E-state index in [1.807, 2.05) is 0 Å². The Bertz CT molecular complexity index is 285. The fourth-order valence-corrected chi connectivity index (χ4v) is 2.54. The Labute approximate surface area is 101 Å². The molecule has 1 atom stereocenters. The fourth-order valence-electron chi connectivity index (χ4n) is 2.54. The lowest BCUT2D eigenvalue weighted by molar-refractivity contribution is -0.207. The Hall–Kier alpha value is -0.910. The summed E-state index contributed by atoms with van der Waals surface area (Å²) in [7, 11) is 0. The van der Waals surface area contributed by atoms with Crippen LogP contribution in [0.3, 0.4) is 0 Å². The van der Waals surface area contributed by atoms with Crippen LogP contribution in [0, 0.1) is 5.41 Å². The molecule has 3 N–H and O–H groups in total. The van der Waals surface area contributed by atoms with Gasteiger partial charge < -0.3 is 20.1 Å². The molecule has 0 aliphatic heterocycles. The standard InChI is InChI=1S/C12H20O5/c1-2-10(16)17-12(9-15)6-4-3-5-11(12,7-13)8-14/h2,13-15H,1,3-9H2. The number of ether oxygens (including phenoxy) is 1. The van der Waals surface area contributed by atoms with E-state index in [0.717, 1.165) is 18.9 Å². The van der Waals surface area contributed by atoms with Crippen molar-refractivity contribution in [2.24, 2.45) is 5.41 Å². The Morgan fingerprint density at radius 3 is 2.24 bits per heavy atom. The van der Waals surface area contributed by atoms with Gasteiger partial charge in [0.25, 0.3) is 0 Å². The van der Waals surface area contributed by atoms with Crippen LogP contribution >= 0.6 is 0 Å². The van der Waals surface area contributed by atoms with Crippen LogP contribution in [-0.4, -0.2) is 46.7 Å². The Kier molecular flexibility index (Phi) is 4.68. The third-order valence-corrected chi connectivity index (χ3v) is 3.78. The first-order valence-corrected chi connectivity index (χ1v) is 5.78. The monoisotopic (exact) mass is 244 g/mol. The van der Waals surface area contributed by atoms with Crippen LogP contribution in [0.5, 0.6) is 0 Å². The van der Waals surface area contributed by atoms with Crippen LogP contribution in [0.2, 0.25) is 0 Å². The molecule has 1 aliphatic carbocycles. The maximum atomic E-state index is 11.3. The van der Waals surface area contributed by atoms with E-state index in [4.69, 9.17) is 4.74 Å². The van der Waals surface area contributed by atoms with Crippen LogP contribution in [0.25, 0.3) is 0 Å². The van der Waals surface area contributed by atoms with Gasteiger partial charge in [0.05, 0.1) is 25.2 Å². The zero-order chi connectivity index (χ0) is 12.9. The minimum Gasteiger partial charge on any atom is -0.453 e. The molecule has 98 valence electrons. The lowest BCUT2D eigenvalue weighted by Gasteiger charge is -2.49. The van der Waals surface area contributed by atoms with Crippen molar-refractivity contribution >= 4 is 5.97 Å². The van der Waals surface area contributed by atoms with E-state index in [1.54, 1.807) is 0 Å². The summed E-state index contributed by atoms with van der Waals surface area (Å²) in [5, 5.41) is 28.6. The lowest BCUT2D eigenvalue weighted by Crippen LogP contribution is -2.59. The number of carbonyl (C=O) groups excluding carboxylic acids is 1. The van der Waals surface area contributed by atoms with Crippen LogP contribution in [0.15, 0.2) is 12.7 Å². The molecular formula is C12H20O5. The number of aliphatic hydroxyl groups is 3. The predicted octanol–water partition coefficient (Wildman–Crippen LogP) is -0.00830. The highest BCUT2D eigenvalue weighted by atomic mass is 16.6. The van der Waals surface area contributed by atoms with Crippen molar-refractivity contribution < 1.29 is 24.9 Å². The Morgan fingerprint density at radius 1 is 1.18 bits per heavy atom. The lowest BCUT2D eigenvalue weighted by atomic mass is 9.64. The summed E-state index contributed by atoms with van der Waals surface area (Å²) in [4.78, 5) is 11.3. The van der Waals surface area contributed by atoms with Crippen molar-refractivity contribution in [1.82, 2.24) is 0 Å². The molecule has 1 aliphatic rings. The van der Waals surface area contributed by atoms with Gasteiger partial charge in [-0.25, -0.2) is 4.79 Å². The minimum absolute atomic E-state index is 0.325. The first-order chi connectivity index (χ1) is 8.09. The zero-order valence-corrected chi connectivity index (χ0v) is 9.89. The smallest absolute Gasteiger partial charge is 0.330 e. The van der Waals surface area contributed by atoms with E-state index in [-0.39, 0.29) is 13.2 Å². The molecule has 5 nitrogen and oxygen atoms in total. The van der Waals surface area contributed by atoms with Crippen molar-refractivity contribution in [3.05, 3.63) is 12.7 Å². The molecule has 0 amide bonds. The SMILES string of the molecule is C=CC(=O)OC1(CO)CCCCC1(CO)CO. The van der Waals surface area contributed by atoms with Gasteiger partial charge in [0.2, 0.25) is 0 Å². The highest BCUT2D eigenvalue weighted by Crippen LogP contribution is 2.46. The largest absolute Gasteiger partial charge is 0.453 e. The van der Waals surface area contributed by atoms with E-state index in [0.29, 0.717) is 12.8 Å². The summed E-state index contributed by atoms with van der Waals surface area (Å²) in [5.41, 5.74) is -2.18. The third-order valence-electron chi connectivity index (χ3n) is 3.78. The van der Waals surface area contributed by atoms with Crippen molar-refractivity contribution in [3.8, 4) is 0 Å². The maximum Gasteiger partial charge on any atom is 0.330 e. The summed E-state index contributed by atoms with van der Waals surface area (Å²) >= 11 is 0. The molecule has 1 fully saturated rings. The van der Waals surface area contributed by atoms with Gasteiger partial charge in [-0.05, 0) is 19.3 Å². The number of carbonyl (C=O) groups is 1. The van der Waals surface area contributed by atoms with E-state index < -0.39 is 23.6 Å². The number of aliphatic hydroxyl groups excluding tert-OH is 3. The molecule has 0 bridgehead atoms. The molecule has 0 saturated heterocycles. The number of rotatable bonds is 5. The first kappa shape index (κ1) is 14.2. The van der Waals surface area contributed by atoms with Gasteiger partial charge >= 0.3 is 5.97 Å². The second kappa shape index (κ2) is 5.62. The molecule has 1 saturated carbocycles. The summed E-state index contributed by atoms with van der Waals surface area (Å²) in [5.74, 6) is -0.646. The Morgan fingerprint density at radius 2 is 1.76 bits per heavy atom. The van der Waals surface area contributed by atoms with Crippen molar-refractivity contribution in [2.45, 2.75) is 31.3 Å². The minimum atomic E-state index is -1.21. The maximum absolute atomic E-state index is 11.3. The number of hydrogen-bond donors (Lipinski definition) is 3. The molecule has 0 aromatic carbocycles. The first-order valence-electron chi connectivity index (χ1n) is 5.78. The molecule has 5 heteroatoms. The summed E-state index contributed by atoms with van der Waals surface area (Å²) in [6.07, 6.45) is 3.59. The molecule has 0 aromatic rings. The third kappa shape index (κ3) is 2.36. The average Bonchev–Trinajstić information content (AvgIpc) is 2.39. The quantitative estimate of drug-likeness (QED) is 0.468. The zero-order valence-electron chi connectivity index (χ0n) is 9.89. The van der Waals surface area contributed by atoms with Crippen molar-refractivity contribution in [1.29, 1.82) is 0 Å². The van der Waals surface area contributed by atoms with E-state index in [1.165, 1.54) is 0 Å². The molecule has 17 heavy (non-hydrogen) atoms. The van der Waals surface area contributed by atoms with Gasteiger partial charge in [-0.3, -0.25) is 0 Å². The van der Waals surface area contributed by atoms with Gasteiger partial charge in [0.1, 0.15) is 5.60 Å². The highest BCUT2D eigenvalue weighted by Gasteiger charge is 2.54. The molecule has 0 radical (unpaired) electrons. The van der Waals surface area contributed by atoms with Gasteiger partial charge in [-0.15, -0.1) is 0 Å². The van der Waals surface area contributed by atoms with E-state index in [9.17, 15) is 20.1 Å². The molecule has 0 spiro atoms. The second-order valence-electron chi connectivity index (χ2n) is 4.58. The van der Waals surface area contributed by atoms with Crippen molar-refractivity contribution in [3.63, 3.8) is 0 Å². The highest BCUT2D eigenvalue weighted by molar-refractivity contribution is 5.81. The second-order valence-corrected chi connectivity index (χ2v) is 4.58. The fraction of sp³-hybridized carbons (Fsp3) is 0.750. The van der Waals surface area contributed by atoms with Crippen molar-refractivity contribution in [2.75, 3.05) is 19.8 Å². The van der Waals surface area contributed by atoms with Gasteiger partial charge in [0, 0.05) is 6.08 Å². The van der Waals surface area contributed by atoms with Crippen LogP contribution in [-0.2, 0) is 9.53 Å². The summed E-state index contributed by atoms with van der Waals surface area (Å²) < 4.78 is 5.25. The number of esters is 1. The average molecular weight is 244 g/mol. The molecule has 1 rings (SSSR count). The van der Waals surface area contributed by atoms with Crippen LogP contribution in [0.1, 0.15) is 25.7 Å². The Balaban J connectivity index is 3.05. The molecule has 0 heterocycles. The molecule has 0 aromatic heterocycles. The van der Waals surface area contributed by atoms with Crippen LogP contribution < -0.4 is 0 Å². The summed E-state index contributed by atoms with van der Waals surface area (Å²) in [6, 6.07) is 0. The van der Waals surface area contributed by atoms with E-state index >= 15 is 0 Å². The van der Waals surface area contributed by atoms with Crippen LogP contribution in [0.4, 0.5) is 0 Å². The van der Waals surface area contributed by atoms with Gasteiger partial charge in [-0.1, -0.05) is 13.0 Å². The predicted molar refractivity (Wildman–Crippen MR) is 61.2 cm³/mol. The molecular weight excluding hydrogens is 224 g/mol. The summed E-state index contributed by atoms with van der Waals surface area (Å²) in [6.45, 7) is 2.25. The topological polar surface area (TPSA) is 87.0 Å². The normalized spacial score (nSPS) is 27.5. The van der Waals surface area contributed by atoms with E-state index in [2.05, 4.69) is 6.58 Å². The molecule has 1 unspecified atom stereocenters. The number of hydrogen-bond acceptors (Lipinski definition) is 5.